The molecule has 2 aliphatic carbocycles. The molecule has 3 aliphatic rings. The maximum atomic E-state index is 2.61. The van der Waals surface area contributed by atoms with Crippen molar-refractivity contribution >= 4 is 0 Å². The van der Waals surface area contributed by atoms with Gasteiger partial charge in [-0.15, -0.1) is 0 Å². The minimum Gasteiger partial charge on any atom is -0.323 e. The fourth-order valence-corrected chi connectivity index (χ4v) is 6.16. The van der Waals surface area contributed by atoms with Gasteiger partial charge < -0.3 is 9.80 Å². The lowest BCUT2D eigenvalue weighted by atomic mass is 9.68. The first-order valence-corrected chi connectivity index (χ1v) is 9.73. The molecule has 0 aromatic heterocycles. The van der Waals surface area contributed by atoms with Crippen molar-refractivity contribution in [1.82, 2.24) is 0 Å². The van der Waals surface area contributed by atoms with E-state index in [-0.39, 0.29) is 0 Å². The zero-order valence-electron chi connectivity index (χ0n) is 15.2. The molecule has 1 heterocycles. The molecule has 0 spiro atoms. The van der Waals surface area contributed by atoms with Gasteiger partial charge in [-0.25, -0.2) is 0 Å². The van der Waals surface area contributed by atoms with Gasteiger partial charge in [0, 0.05) is 17.4 Å². The summed E-state index contributed by atoms with van der Waals surface area (Å²) in [6, 6.07) is 12.0. The summed E-state index contributed by atoms with van der Waals surface area (Å²) >= 11 is 0. The molecule has 1 aromatic carbocycles. The lowest BCUT2D eigenvalue weighted by molar-refractivity contribution is -1.03. The first-order chi connectivity index (χ1) is 11.0. The zero-order valence-corrected chi connectivity index (χ0v) is 15.2. The largest absolute Gasteiger partial charge is 0.323 e. The van der Waals surface area contributed by atoms with Gasteiger partial charge >= 0.3 is 0 Å². The summed E-state index contributed by atoms with van der Waals surface area (Å²) in [5, 5.41) is 0. The highest BCUT2D eigenvalue weighted by Gasteiger charge is 2.64. The molecule has 0 radical (unpaired) electrons. The monoisotopic (exact) mass is 314 g/mol. The van der Waals surface area contributed by atoms with Gasteiger partial charge in [-0.1, -0.05) is 51.1 Å². The van der Waals surface area contributed by atoms with Gasteiger partial charge in [0.1, 0.15) is 32.7 Å². The van der Waals surface area contributed by atoms with Gasteiger partial charge in [0.25, 0.3) is 0 Å². The molecule has 1 aliphatic heterocycles. The Morgan fingerprint density at radius 1 is 1.00 bits per heavy atom. The number of hydrogen-bond acceptors (Lipinski definition) is 0. The number of piperazine rings is 1. The van der Waals surface area contributed by atoms with E-state index in [1.54, 1.807) is 4.90 Å². The van der Waals surface area contributed by atoms with E-state index in [2.05, 4.69) is 51.1 Å². The van der Waals surface area contributed by atoms with Crippen LogP contribution in [0.5, 0.6) is 0 Å². The van der Waals surface area contributed by atoms with Crippen LogP contribution in [0.1, 0.15) is 45.6 Å². The van der Waals surface area contributed by atoms with Crippen LogP contribution in [0.15, 0.2) is 30.3 Å². The number of rotatable bonds is 3. The maximum Gasteiger partial charge on any atom is 0.127 e. The number of quaternary nitrogens is 2. The van der Waals surface area contributed by atoms with E-state index in [1.807, 2.05) is 4.90 Å². The number of fused-ring (bicyclic) bond motifs is 2. The molecule has 0 amide bonds. The van der Waals surface area contributed by atoms with E-state index in [9.17, 15) is 0 Å². The fraction of sp³-hybridized carbons (Fsp3) is 0.714. The summed E-state index contributed by atoms with van der Waals surface area (Å²) in [5.74, 6) is 0.986. The standard InChI is InChI=1S/C21H32N2/c1-20(2)18-9-10-21(20,3)19(15-18)23-13-11-22(12-14-23)16-17-7-5-4-6-8-17/h4-8,18-19H,9-16H2,1-3H3/p+2/t18-,19+,21+/m0/s1. The van der Waals surface area contributed by atoms with Gasteiger partial charge in [0.05, 0.1) is 6.04 Å². The van der Waals surface area contributed by atoms with Crippen molar-refractivity contribution in [2.24, 2.45) is 16.7 Å². The van der Waals surface area contributed by atoms with Crippen LogP contribution >= 0.6 is 0 Å². The highest BCUT2D eigenvalue weighted by atomic mass is 15.3. The first kappa shape index (κ1) is 15.7. The van der Waals surface area contributed by atoms with Crippen molar-refractivity contribution in [3.05, 3.63) is 35.9 Å². The second-order valence-electron chi connectivity index (χ2n) is 9.23. The Kier molecular flexibility index (Phi) is 3.81. The molecule has 1 saturated heterocycles. The average molecular weight is 315 g/mol. The van der Waals surface area contributed by atoms with E-state index in [0.29, 0.717) is 10.8 Å². The first-order valence-electron chi connectivity index (χ1n) is 9.73. The van der Waals surface area contributed by atoms with Crippen LogP contribution in [0, 0.1) is 16.7 Å². The summed E-state index contributed by atoms with van der Waals surface area (Å²) in [6.07, 6.45) is 4.45. The lowest BCUT2D eigenvalue weighted by Gasteiger charge is -2.43. The summed E-state index contributed by atoms with van der Waals surface area (Å²) in [7, 11) is 0. The molecule has 0 unspecified atom stereocenters. The minimum absolute atomic E-state index is 0.568. The minimum atomic E-state index is 0.568. The smallest absolute Gasteiger partial charge is 0.127 e. The topological polar surface area (TPSA) is 8.88 Å². The van der Waals surface area contributed by atoms with Crippen LogP contribution in [0.4, 0.5) is 0 Å². The third kappa shape index (κ3) is 2.46. The molecule has 23 heavy (non-hydrogen) atoms. The molecule has 2 N–H and O–H groups in total. The van der Waals surface area contributed by atoms with Crippen molar-refractivity contribution < 1.29 is 9.80 Å². The summed E-state index contributed by atoms with van der Waals surface area (Å²) in [5.41, 5.74) is 2.65. The van der Waals surface area contributed by atoms with Crippen molar-refractivity contribution in [3.63, 3.8) is 0 Å². The molecule has 2 heteroatoms. The van der Waals surface area contributed by atoms with Gasteiger partial charge in [0.15, 0.2) is 0 Å². The van der Waals surface area contributed by atoms with Crippen molar-refractivity contribution in [2.45, 2.75) is 52.6 Å². The van der Waals surface area contributed by atoms with Gasteiger partial charge in [-0.3, -0.25) is 0 Å². The molecule has 126 valence electrons. The molecule has 3 atom stereocenters. The Morgan fingerprint density at radius 2 is 1.70 bits per heavy atom. The Morgan fingerprint density at radius 3 is 2.26 bits per heavy atom. The summed E-state index contributed by atoms with van der Waals surface area (Å²) in [4.78, 5) is 3.71. The predicted octanol–water partition coefficient (Wildman–Crippen LogP) is 1.18. The van der Waals surface area contributed by atoms with Gasteiger partial charge in [-0.2, -0.15) is 0 Å². The van der Waals surface area contributed by atoms with Gasteiger partial charge in [-0.05, 0) is 24.2 Å². The maximum absolute atomic E-state index is 2.61. The summed E-state index contributed by atoms with van der Waals surface area (Å²) in [6.45, 7) is 14.4. The highest BCUT2D eigenvalue weighted by Crippen LogP contribution is 2.64. The molecule has 2 bridgehead atoms. The van der Waals surface area contributed by atoms with Crippen molar-refractivity contribution in [2.75, 3.05) is 26.2 Å². The number of hydrogen-bond donors (Lipinski definition) is 2. The van der Waals surface area contributed by atoms with Crippen molar-refractivity contribution in [3.8, 4) is 0 Å². The average Bonchev–Trinajstić information content (AvgIpc) is 2.90. The highest BCUT2D eigenvalue weighted by molar-refractivity contribution is 5.13. The Balaban J connectivity index is 1.37. The molecule has 2 nitrogen and oxygen atoms in total. The number of nitrogens with one attached hydrogen (secondary N) is 2. The van der Waals surface area contributed by atoms with E-state index < -0.39 is 0 Å². The predicted molar refractivity (Wildman–Crippen MR) is 94.6 cm³/mol. The Hall–Kier alpha value is -0.860. The van der Waals surface area contributed by atoms with Gasteiger partial charge in [0.2, 0.25) is 0 Å². The second-order valence-corrected chi connectivity index (χ2v) is 9.23. The van der Waals surface area contributed by atoms with E-state index >= 15 is 0 Å². The zero-order chi connectivity index (χ0) is 16.1. The second kappa shape index (κ2) is 5.60. The Labute approximate surface area is 141 Å². The van der Waals surface area contributed by atoms with Crippen molar-refractivity contribution in [1.29, 1.82) is 0 Å². The van der Waals surface area contributed by atoms with Crippen LogP contribution in [0.25, 0.3) is 0 Å². The quantitative estimate of drug-likeness (QED) is 0.829. The third-order valence-corrected chi connectivity index (χ3v) is 8.18. The van der Waals surface area contributed by atoms with Crippen LogP contribution in [-0.2, 0) is 6.54 Å². The molecular formula is C21H34N2+2. The number of benzene rings is 1. The molecule has 1 aromatic rings. The lowest BCUT2D eigenvalue weighted by Crippen LogP contribution is -3.29. The molecule has 2 saturated carbocycles. The fourth-order valence-electron chi connectivity index (χ4n) is 6.16. The van der Waals surface area contributed by atoms with Crippen LogP contribution in [-0.4, -0.2) is 32.2 Å². The van der Waals surface area contributed by atoms with E-state index in [0.717, 1.165) is 12.0 Å². The summed E-state index contributed by atoms with van der Waals surface area (Å²) < 4.78 is 0. The van der Waals surface area contributed by atoms with Crippen LogP contribution in [0.3, 0.4) is 0 Å². The van der Waals surface area contributed by atoms with E-state index in [4.69, 9.17) is 0 Å². The van der Waals surface area contributed by atoms with Crippen LogP contribution in [0.2, 0.25) is 0 Å². The van der Waals surface area contributed by atoms with E-state index in [1.165, 1.54) is 57.5 Å². The van der Waals surface area contributed by atoms with Crippen LogP contribution < -0.4 is 9.80 Å². The molecule has 4 rings (SSSR count). The molecule has 3 fully saturated rings. The molecular weight excluding hydrogens is 280 g/mol. The Bertz CT molecular complexity index is 544. The normalized spacial score (nSPS) is 42.0. The SMILES string of the molecule is CC1(C)[C@H]2CC[C@]1(C)[C@H]([NH+]1CC[NH+](Cc3ccccc3)CC1)C2. The third-order valence-electron chi connectivity index (χ3n) is 8.18.